The summed E-state index contributed by atoms with van der Waals surface area (Å²) in [5, 5.41) is 9.39. The summed E-state index contributed by atoms with van der Waals surface area (Å²) in [6.45, 7) is 0. The van der Waals surface area contributed by atoms with Crippen LogP contribution in [0.1, 0.15) is 0 Å². The van der Waals surface area contributed by atoms with Crippen LogP contribution in [0.4, 0.5) is 4.39 Å². The maximum atomic E-state index is 13.3. The molecule has 5 heteroatoms. The summed E-state index contributed by atoms with van der Waals surface area (Å²) >= 11 is 3.15. The summed E-state index contributed by atoms with van der Waals surface area (Å²) in [6.07, 6.45) is 0. The molecular formula is C9H5BrFNO2. The van der Waals surface area contributed by atoms with Crippen LogP contribution in [0.5, 0.6) is 5.75 Å². The lowest BCUT2D eigenvalue weighted by Crippen LogP contribution is -2.04. The van der Waals surface area contributed by atoms with E-state index in [1.54, 1.807) is 0 Å². The van der Waals surface area contributed by atoms with Gasteiger partial charge in [-0.25, -0.2) is 4.39 Å². The highest BCUT2D eigenvalue weighted by atomic mass is 79.9. The first kappa shape index (κ1) is 9.21. The van der Waals surface area contributed by atoms with Crippen LogP contribution in [0.3, 0.4) is 0 Å². The van der Waals surface area contributed by atoms with Crippen molar-refractivity contribution >= 4 is 26.8 Å². The molecule has 2 aromatic rings. The van der Waals surface area contributed by atoms with Crippen molar-refractivity contribution in [2.45, 2.75) is 0 Å². The average molecular weight is 258 g/mol. The van der Waals surface area contributed by atoms with Crippen LogP contribution in [0, 0.1) is 5.82 Å². The monoisotopic (exact) mass is 257 g/mol. The zero-order valence-electron chi connectivity index (χ0n) is 6.84. The van der Waals surface area contributed by atoms with Crippen molar-refractivity contribution in [1.29, 1.82) is 0 Å². The van der Waals surface area contributed by atoms with Crippen LogP contribution in [0.2, 0.25) is 0 Å². The highest BCUT2D eigenvalue weighted by Crippen LogP contribution is 2.29. The Balaban J connectivity index is 3.07. The third-order valence-electron chi connectivity index (χ3n) is 1.88. The predicted octanol–water partition coefficient (Wildman–Crippen LogP) is 2.14. The standard InChI is InChI=1S/C9H5BrFNO2/c10-4-1-2-5(11)8-6(13)3-7(14)12-9(4)8/h1-3H,(H2,12,13,14). The molecule has 0 spiro atoms. The van der Waals surface area contributed by atoms with E-state index >= 15 is 0 Å². The van der Waals surface area contributed by atoms with Crippen molar-refractivity contribution in [1.82, 2.24) is 4.98 Å². The summed E-state index contributed by atoms with van der Waals surface area (Å²) < 4.78 is 13.8. The third kappa shape index (κ3) is 1.29. The number of pyridine rings is 1. The van der Waals surface area contributed by atoms with Crippen LogP contribution in [0.15, 0.2) is 27.5 Å². The molecule has 72 valence electrons. The van der Waals surface area contributed by atoms with Gasteiger partial charge in [-0.15, -0.1) is 0 Å². The van der Waals surface area contributed by atoms with Crippen LogP contribution < -0.4 is 5.56 Å². The number of aromatic amines is 1. The fourth-order valence-electron chi connectivity index (χ4n) is 1.28. The van der Waals surface area contributed by atoms with E-state index in [0.29, 0.717) is 4.47 Å². The van der Waals surface area contributed by atoms with Gasteiger partial charge in [-0.1, -0.05) is 0 Å². The quantitative estimate of drug-likeness (QED) is 0.760. The predicted molar refractivity (Wildman–Crippen MR) is 53.9 cm³/mol. The van der Waals surface area contributed by atoms with Crippen LogP contribution >= 0.6 is 15.9 Å². The van der Waals surface area contributed by atoms with Crippen LogP contribution in [-0.2, 0) is 0 Å². The molecule has 1 aromatic heterocycles. The van der Waals surface area contributed by atoms with Crippen molar-refractivity contribution in [2.75, 3.05) is 0 Å². The minimum absolute atomic E-state index is 0.0129. The zero-order valence-corrected chi connectivity index (χ0v) is 8.43. The summed E-state index contributed by atoms with van der Waals surface area (Å²) in [5.74, 6) is -0.931. The molecule has 1 aromatic carbocycles. The van der Waals surface area contributed by atoms with E-state index in [-0.39, 0.29) is 16.7 Å². The lowest BCUT2D eigenvalue weighted by Gasteiger charge is -2.03. The van der Waals surface area contributed by atoms with Gasteiger partial charge in [0.1, 0.15) is 11.6 Å². The Labute approximate surface area is 86.3 Å². The van der Waals surface area contributed by atoms with Gasteiger partial charge in [0.15, 0.2) is 0 Å². The zero-order chi connectivity index (χ0) is 10.3. The molecule has 0 amide bonds. The van der Waals surface area contributed by atoms with Gasteiger partial charge in [0, 0.05) is 10.5 Å². The number of aromatic nitrogens is 1. The fourth-order valence-corrected chi connectivity index (χ4v) is 1.71. The van der Waals surface area contributed by atoms with E-state index in [4.69, 9.17) is 0 Å². The van der Waals surface area contributed by atoms with Gasteiger partial charge in [0.2, 0.25) is 0 Å². The van der Waals surface area contributed by atoms with E-state index in [2.05, 4.69) is 20.9 Å². The molecule has 1 heterocycles. The second kappa shape index (κ2) is 3.09. The lowest BCUT2D eigenvalue weighted by molar-refractivity contribution is 0.477. The van der Waals surface area contributed by atoms with E-state index in [1.165, 1.54) is 12.1 Å². The summed E-state index contributed by atoms with van der Waals surface area (Å²) in [6, 6.07) is 3.62. The SMILES string of the molecule is O=c1cc(O)c2c(F)ccc(Br)c2[nH]1. The molecule has 0 bridgehead atoms. The van der Waals surface area contributed by atoms with Gasteiger partial charge >= 0.3 is 0 Å². The summed E-state index contributed by atoms with van der Waals surface area (Å²) in [7, 11) is 0. The molecule has 0 atom stereocenters. The molecule has 0 aliphatic carbocycles. The number of H-pyrrole nitrogens is 1. The topological polar surface area (TPSA) is 53.1 Å². The second-order valence-corrected chi connectivity index (χ2v) is 3.65. The van der Waals surface area contributed by atoms with Gasteiger partial charge in [0.05, 0.1) is 10.9 Å². The summed E-state index contributed by atoms with van der Waals surface area (Å²) in [4.78, 5) is 13.4. The van der Waals surface area contributed by atoms with Gasteiger partial charge in [-0.2, -0.15) is 0 Å². The molecule has 0 saturated heterocycles. The van der Waals surface area contributed by atoms with E-state index in [0.717, 1.165) is 6.07 Å². The molecule has 2 rings (SSSR count). The molecule has 0 aliphatic heterocycles. The van der Waals surface area contributed by atoms with E-state index < -0.39 is 11.4 Å². The second-order valence-electron chi connectivity index (χ2n) is 2.80. The Kier molecular flexibility index (Phi) is 2.03. The maximum Gasteiger partial charge on any atom is 0.252 e. The first-order valence-electron chi connectivity index (χ1n) is 3.79. The number of nitrogens with one attached hydrogen (secondary N) is 1. The minimum Gasteiger partial charge on any atom is -0.507 e. The number of fused-ring (bicyclic) bond motifs is 1. The first-order valence-corrected chi connectivity index (χ1v) is 4.59. The Morgan fingerprint density at radius 2 is 2.14 bits per heavy atom. The molecule has 14 heavy (non-hydrogen) atoms. The van der Waals surface area contributed by atoms with Crippen LogP contribution in [0.25, 0.3) is 10.9 Å². The largest absolute Gasteiger partial charge is 0.507 e. The number of aromatic hydroxyl groups is 1. The number of halogens is 2. The van der Waals surface area contributed by atoms with E-state index in [9.17, 15) is 14.3 Å². The van der Waals surface area contributed by atoms with Gasteiger partial charge < -0.3 is 10.1 Å². The van der Waals surface area contributed by atoms with Gasteiger partial charge in [0.25, 0.3) is 5.56 Å². The minimum atomic E-state index is -0.572. The van der Waals surface area contributed by atoms with Crippen molar-refractivity contribution < 1.29 is 9.50 Å². The Hall–Kier alpha value is -1.36. The van der Waals surface area contributed by atoms with Crippen molar-refractivity contribution in [3.8, 4) is 5.75 Å². The Morgan fingerprint density at radius 1 is 1.43 bits per heavy atom. The van der Waals surface area contributed by atoms with Gasteiger partial charge in [-0.3, -0.25) is 4.79 Å². The number of rotatable bonds is 0. The van der Waals surface area contributed by atoms with Crippen molar-refractivity contribution in [2.24, 2.45) is 0 Å². The number of hydrogen-bond acceptors (Lipinski definition) is 2. The normalized spacial score (nSPS) is 10.7. The highest BCUT2D eigenvalue weighted by molar-refractivity contribution is 9.10. The Bertz CT molecular complexity index is 564. The fraction of sp³-hybridized carbons (Fsp3) is 0. The number of benzene rings is 1. The van der Waals surface area contributed by atoms with Crippen molar-refractivity contribution in [3.05, 3.63) is 38.8 Å². The molecule has 0 unspecified atom stereocenters. The molecular weight excluding hydrogens is 253 g/mol. The lowest BCUT2D eigenvalue weighted by atomic mass is 10.2. The molecule has 3 nitrogen and oxygen atoms in total. The molecule has 0 radical (unpaired) electrons. The smallest absolute Gasteiger partial charge is 0.252 e. The first-order chi connectivity index (χ1) is 6.59. The number of hydrogen-bond donors (Lipinski definition) is 2. The van der Waals surface area contributed by atoms with Crippen molar-refractivity contribution in [3.63, 3.8) is 0 Å². The summed E-state index contributed by atoms with van der Waals surface area (Å²) in [5.41, 5.74) is -0.212. The highest BCUT2D eigenvalue weighted by Gasteiger charge is 2.09. The maximum absolute atomic E-state index is 13.3. The Morgan fingerprint density at radius 3 is 2.86 bits per heavy atom. The molecule has 2 N–H and O–H groups in total. The molecule has 0 saturated carbocycles. The third-order valence-corrected chi connectivity index (χ3v) is 2.54. The van der Waals surface area contributed by atoms with E-state index in [1.807, 2.05) is 0 Å². The molecule has 0 aliphatic rings. The van der Waals surface area contributed by atoms with Crippen LogP contribution in [-0.4, -0.2) is 10.1 Å². The molecule has 0 fully saturated rings. The van der Waals surface area contributed by atoms with Gasteiger partial charge in [-0.05, 0) is 28.1 Å². The average Bonchev–Trinajstić information content (AvgIpc) is 2.10.